The second-order valence-corrected chi connectivity index (χ2v) is 12.2. The number of halogens is 1. The first kappa shape index (κ1) is 30.4. The molecule has 0 aliphatic heterocycles. The molecule has 0 saturated carbocycles. The van der Waals surface area contributed by atoms with Gasteiger partial charge in [-0.1, -0.05) is 78.3 Å². The van der Waals surface area contributed by atoms with Gasteiger partial charge in [0.15, 0.2) is 0 Å². The summed E-state index contributed by atoms with van der Waals surface area (Å²) in [5.74, 6) is -0.772. The summed E-state index contributed by atoms with van der Waals surface area (Å²) in [4.78, 5) is 28.7. The molecule has 0 saturated heterocycles. The van der Waals surface area contributed by atoms with Crippen LogP contribution in [0.5, 0.6) is 0 Å². The summed E-state index contributed by atoms with van der Waals surface area (Å²) < 4.78 is 29.8. The SMILES string of the molecule is CCc1ccccc1N(CC(=O)N(Cc1cccc(Br)c1)[C@H](C)C(=O)N[C@H](C)CC)S(=O)(=O)c1ccccc1. The van der Waals surface area contributed by atoms with E-state index in [4.69, 9.17) is 0 Å². The lowest BCUT2D eigenvalue weighted by molar-refractivity contribution is -0.139. The van der Waals surface area contributed by atoms with E-state index in [1.54, 1.807) is 37.3 Å². The van der Waals surface area contributed by atoms with Crippen LogP contribution in [0.3, 0.4) is 0 Å². The van der Waals surface area contributed by atoms with Gasteiger partial charge in [0.25, 0.3) is 10.0 Å². The molecule has 39 heavy (non-hydrogen) atoms. The van der Waals surface area contributed by atoms with Crippen molar-refractivity contribution in [1.82, 2.24) is 10.2 Å². The highest BCUT2D eigenvalue weighted by molar-refractivity contribution is 9.10. The molecule has 0 heterocycles. The Morgan fingerprint density at radius 2 is 1.59 bits per heavy atom. The third-order valence-electron chi connectivity index (χ3n) is 6.66. The fourth-order valence-corrected chi connectivity index (χ4v) is 6.09. The zero-order valence-corrected chi connectivity index (χ0v) is 25.2. The van der Waals surface area contributed by atoms with Crippen LogP contribution in [-0.4, -0.2) is 43.8 Å². The van der Waals surface area contributed by atoms with Gasteiger partial charge in [0, 0.05) is 17.1 Å². The summed E-state index contributed by atoms with van der Waals surface area (Å²) in [7, 11) is -4.09. The molecule has 0 fully saturated rings. The number of carbonyl (C=O) groups excluding carboxylic acids is 2. The minimum atomic E-state index is -4.09. The molecule has 3 rings (SSSR count). The summed E-state index contributed by atoms with van der Waals surface area (Å²) in [6, 6.07) is 21.9. The van der Waals surface area contributed by atoms with E-state index in [1.807, 2.05) is 57.2 Å². The van der Waals surface area contributed by atoms with Gasteiger partial charge in [-0.2, -0.15) is 0 Å². The second-order valence-electron chi connectivity index (χ2n) is 9.45. The largest absolute Gasteiger partial charge is 0.352 e. The van der Waals surface area contributed by atoms with Crippen LogP contribution in [0.1, 0.15) is 45.2 Å². The van der Waals surface area contributed by atoms with Crippen LogP contribution in [0, 0.1) is 0 Å². The van der Waals surface area contributed by atoms with Crippen LogP contribution >= 0.6 is 15.9 Å². The third kappa shape index (κ3) is 7.70. The number of rotatable bonds is 12. The molecule has 0 aliphatic rings. The zero-order chi connectivity index (χ0) is 28.6. The van der Waals surface area contributed by atoms with Gasteiger partial charge in [-0.3, -0.25) is 13.9 Å². The molecular weight excluding hydrogens is 578 g/mol. The Morgan fingerprint density at radius 1 is 0.923 bits per heavy atom. The summed E-state index contributed by atoms with van der Waals surface area (Å²) >= 11 is 3.47. The molecule has 2 atom stereocenters. The van der Waals surface area contributed by atoms with Gasteiger partial charge >= 0.3 is 0 Å². The van der Waals surface area contributed by atoms with Crippen molar-refractivity contribution in [3.8, 4) is 0 Å². The minimum absolute atomic E-state index is 0.0610. The van der Waals surface area contributed by atoms with E-state index in [1.165, 1.54) is 17.0 Å². The first-order valence-electron chi connectivity index (χ1n) is 13.1. The molecule has 3 aromatic carbocycles. The van der Waals surface area contributed by atoms with Crippen molar-refractivity contribution in [2.45, 2.75) is 64.1 Å². The van der Waals surface area contributed by atoms with Crippen molar-refractivity contribution < 1.29 is 18.0 Å². The highest BCUT2D eigenvalue weighted by Gasteiger charge is 2.33. The number of nitrogens with zero attached hydrogens (tertiary/aromatic N) is 2. The van der Waals surface area contributed by atoms with Gasteiger partial charge in [0.05, 0.1) is 10.6 Å². The van der Waals surface area contributed by atoms with Crippen molar-refractivity contribution in [2.24, 2.45) is 0 Å². The fourth-order valence-electron chi connectivity index (χ4n) is 4.17. The number of nitrogens with one attached hydrogen (secondary N) is 1. The smallest absolute Gasteiger partial charge is 0.264 e. The Balaban J connectivity index is 2.05. The molecule has 1 N–H and O–H groups in total. The van der Waals surface area contributed by atoms with E-state index in [9.17, 15) is 18.0 Å². The Morgan fingerprint density at radius 3 is 2.23 bits per heavy atom. The van der Waals surface area contributed by atoms with Crippen molar-refractivity contribution >= 4 is 43.5 Å². The first-order chi connectivity index (χ1) is 18.6. The fraction of sp³-hybridized carbons (Fsp3) is 0.333. The molecule has 0 unspecified atom stereocenters. The molecule has 0 aromatic heterocycles. The second kappa shape index (κ2) is 13.8. The van der Waals surface area contributed by atoms with Gasteiger partial charge in [-0.05, 0) is 68.1 Å². The van der Waals surface area contributed by atoms with Crippen LogP contribution in [0.25, 0.3) is 0 Å². The number of benzene rings is 3. The number of amides is 2. The molecule has 0 bridgehead atoms. The predicted molar refractivity (Wildman–Crippen MR) is 159 cm³/mol. The quantitative estimate of drug-likeness (QED) is 0.291. The molecule has 2 amide bonds. The van der Waals surface area contributed by atoms with E-state index >= 15 is 0 Å². The molecular formula is C30H36BrN3O4S. The molecule has 9 heteroatoms. The summed E-state index contributed by atoms with van der Waals surface area (Å²) in [6.45, 7) is 7.17. The van der Waals surface area contributed by atoms with Crippen molar-refractivity contribution in [2.75, 3.05) is 10.8 Å². The highest BCUT2D eigenvalue weighted by Crippen LogP contribution is 2.28. The Bertz CT molecular complexity index is 1380. The molecule has 208 valence electrons. The van der Waals surface area contributed by atoms with E-state index in [0.717, 1.165) is 26.3 Å². The molecule has 0 radical (unpaired) electrons. The van der Waals surface area contributed by atoms with Gasteiger partial charge in [0.2, 0.25) is 11.8 Å². The third-order valence-corrected chi connectivity index (χ3v) is 8.93. The average Bonchev–Trinajstić information content (AvgIpc) is 2.94. The molecule has 0 aliphatic carbocycles. The standard InChI is InChI=1S/C30H36BrN3O4S/c1-5-22(3)32-30(36)23(4)33(20-24-13-12-15-26(31)19-24)29(35)21-34(28-18-11-10-14-25(28)6-2)39(37,38)27-16-8-7-9-17-27/h7-19,22-23H,5-6,20-21H2,1-4H3,(H,32,36)/t22-,23-/m1/s1. The number of hydrogen-bond acceptors (Lipinski definition) is 4. The molecule has 0 spiro atoms. The van der Waals surface area contributed by atoms with Crippen LogP contribution in [-0.2, 0) is 32.6 Å². The monoisotopic (exact) mass is 613 g/mol. The first-order valence-corrected chi connectivity index (χ1v) is 15.3. The van der Waals surface area contributed by atoms with Crippen molar-refractivity contribution in [3.05, 3.63) is 94.5 Å². The van der Waals surface area contributed by atoms with E-state index < -0.39 is 28.5 Å². The van der Waals surface area contributed by atoms with Gasteiger partial charge in [0.1, 0.15) is 12.6 Å². The lowest BCUT2D eigenvalue weighted by Gasteiger charge is -2.33. The summed E-state index contributed by atoms with van der Waals surface area (Å²) in [6.07, 6.45) is 1.33. The average molecular weight is 615 g/mol. The maximum atomic E-state index is 14.0. The van der Waals surface area contributed by atoms with Crippen molar-refractivity contribution in [3.63, 3.8) is 0 Å². The Labute approximate surface area is 240 Å². The summed E-state index contributed by atoms with van der Waals surface area (Å²) in [5.41, 5.74) is 2.05. The van der Waals surface area contributed by atoms with E-state index in [2.05, 4.69) is 21.2 Å². The zero-order valence-electron chi connectivity index (χ0n) is 22.8. The number of hydrogen-bond donors (Lipinski definition) is 1. The van der Waals surface area contributed by atoms with E-state index in [0.29, 0.717) is 12.1 Å². The lowest BCUT2D eigenvalue weighted by Crippen LogP contribution is -2.52. The number of carbonyl (C=O) groups is 2. The Kier molecular flexibility index (Phi) is 10.7. The number of anilines is 1. The van der Waals surface area contributed by atoms with Crippen LogP contribution in [0.2, 0.25) is 0 Å². The van der Waals surface area contributed by atoms with Crippen LogP contribution < -0.4 is 9.62 Å². The number of aryl methyl sites for hydroxylation is 1. The van der Waals surface area contributed by atoms with E-state index in [-0.39, 0.29) is 23.4 Å². The normalized spacial score (nSPS) is 12.8. The van der Waals surface area contributed by atoms with Gasteiger partial charge in [-0.15, -0.1) is 0 Å². The molecule has 3 aromatic rings. The predicted octanol–water partition coefficient (Wildman–Crippen LogP) is 5.54. The maximum absolute atomic E-state index is 14.0. The molecule has 7 nitrogen and oxygen atoms in total. The minimum Gasteiger partial charge on any atom is -0.352 e. The van der Waals surface area contributed by atoms with Crippen molar-refractivity contribution in [1.29, 1.82) is 0 Å². The summed E-state index contributed by atoms with van der Waals surface area (Å²) in [5, 5.41) is 2.95. The number of sulfonamides is 1. The lowest BCUT2D eigenvalue weighted by atomic mass is 10.1. The Hall–Kier alpha value is -3.17. The van der Waals surface area contributed by atoms with Crippen LogP contribution in [0.4, 0.5) is 5.69 Å². The number of para-hydroxylation sites is 1. The highest BCUT2D eigenvalue weighted by atomic mass is 79.9. The maximum Gasteiger partial charge on any atom is 0.264 e. The van der Waals surface area contributed by atoms with Gasteiger partial charge < -0.3 is 10.2 Å². The van der Waals surface area contributed by atoms with Crippen LogP contribution in [0.15, 0.2) is 88.2 Å². The van der Waals surface area contributed by atoms with Gasteiger partial charge in [-0.25, -0.2) is 8.42 Å². The topological polar surface area (TPSA) is 86.8 Å².